The minimum atomic E-state index is -0.210. The summed E-state index contributed by atoms with van der Waals surface area (Å²) in [5.41, 5.74) is 1.97. The van der Waals surface area contributed by atoms with Gasteiger partial charge in [-0.05, 0) is 39.9 Å². The summed E-state index contributed by atoms with van der Waals surface area (Å²) in [4.78, 5) is 14.5. The Bertz CT molecular complexity index is 1130. The van der Waals surface area contributed by atoms with E-state index in [0.717, 1.165) is 16.0 Å². The van der Waals surface area contributed by atoms with Crippen molar-refractivity contribution >= 4 is 17.2 Å². The molecule has 2 heterocycles. The Morgan fingerprint density at radius 2 is 1.94 bits per heavy atom. The topological polar surface area (TPSA) is 91.2 Å². The zero-order valence-corrected chi connectivity index (χ0v) is 17.7. The number of tetrazole rings is 1. The van der Waals surface area contributed by atoms with Crippen LogP contribution in [0.4, 0.5) is 0 Å². The molecule has 158 valence electrons. The average molecular weight is 436 g/mol. The number of hydrogen-bond acceptors (Lipinski definition) is 7. The van der Waals surface area contributed by atoms with E-state index in [1.807, 2.05) is 66.0 Å². The van der Waals surface area contributed by atoms with Gasteiger partial charge in [-0.15, -0.1) is 21.5 Å². The molecule has 0 aliphatic rings. The second-order valence-electron chi connectivity index (χ2n) is 6.66. The van der Waals surface area contributed by atoms with Crippen molar-refractivity contribution in [3.05, 3.63) is 77.2 Å². The van der Waals surface area contributed by atoms with Gasteiger partial charge in [0.2, 0.25) is 11.7 Å². The van der Waals surface area contributed by atoms with Gasteiger partial charge < -0.3 is 14.8 Å². The fourth-order valence-electron chi connectivity index (χ4n) is 2.88. The van der Waals surface area contributed by atoms with Crippen molar-refractivity contribution in [2.45, 2.75) is 19.7 Å². The number of amides is 1. The Labute approximate surface area is 183 Å². The largest absolute Gasteiger partial charge is 0.493 e. The summed E-state index contributed by atoms with van der Waals surface area (Å²) in [6.45, 7) is 0.792. The number of thiophene rings is 1. The van der Waals surface area contributed by atoms with Gasteiger partial charge in [0.25, 0.3) is 0 Å². The molecule has 8 nitrogen and oxygen atoms in total. The van der Waals surface area contributed by atoms with Gasteiger partial charge in [0.05, 0.1) is 12.0 Å². The number of methoxy groups -OCH3 is 1. The van der Waals surface area contributed by atoms with Crippen LogP contribution in [0.25, 0.3) is 10.7 Å². The molecule has 9 heteroatoms. The van der Waals surface area contributed by atoms with E-state index in [0.29, 0.717) is 30.5 Å². The molecular formula is C22H21N5O3S. The molecule has 0 atom stereocenters. The molecule has 0 unspecified atom stereocenters. The van der Waals surface area contributed by atoms with Crippen molar-refractivity contribution in [3.63, 3.8) is 0 Å². The molecule has 0 radical (unpaired) electrons. The average Bonchev–Trinajstić information content (AvgIpc) is 3.49. The first-order valence-electron chi connectivity index (χ1n) is 9.63. The number of carbonyl (C=O) groups is 1. The predicted molar refractivity (Wildman–Crippen MR) is 117 cm³/mol. The van der Waals surface area contributed by atoms with E-state index in [1.54, 1.807) is 7.11 Å². The third-order valence-electron chi connectivity index (χ3n) is 4.43. The van der Waals surface area contributed by atoms with Crippen LogP contribution < -0.4 is 14.8 Å². The molecule has 0 saturated carbocycles. The highest BCUT2D eigenvalue weighted by Crippen LogP contribution is 2.29. The lowest BCUT2D eigenvalue weighted by atomic mass is 10.2. The smallest absolute Gasteiger partial charge is 0.243 e. The summed E-state index contributed by atoms with van der Waals surface area (Å²) in [6, 6.07) is 19.3. The van der Waals surface area contributed by atoms with Crippen LogP contribution in [0, 0.1) is 0 Å². The number of nitrogens with one attached hydrogen (secondary N) is 1. The Morgan fingerprint density at radius 1 is 1.06 bits per heavy atom. The van der Waals surface area contributed by atoms with Crippen molar-refractivity contribution in [3.8, 4) is 22.2 Å². The van der Waals surface area contributed by atoms with Crippen LogP contribution in [0.3, 0.4) is 0 Å². The van der Waals surface area contributed by atoms with E-state index in [9.17, 15) is 4.79 Å². The third-order valence-corrected chi connectivity index (χ3v) is 5.30. The van der Waals surface area contributed by atoms with Crippen LogP contribution in [0.5, 0.6) is 11.5 Å². The number of hydrogen-bond donors (Lipinski definition) is 1. The third kappa shape index (κ3) is 5.46. The molecular weight excluding hydrogens is 414 g/mol. The summed E-state index contributed by atoms with van der Waals surface area (Å²) in [7, 11) is 1.59. The van der Waals surface area contributed by atoms with Gasteiger partial charge >= 0.3 is 0 Å². The van der Waals surface area contributed by atoms with Crippen molar-refractivity contribution in [2.75, 3.05) is 7.11 Å². The lowest BCUT2D eigenvalue weighted by molar-refractivity contribution is -0.122. The molecule has 1 N–H and O–H groups in total. The van der Waals surface area contributed by atoms with Crippen LogP contribution in [0.15, 0.2) is 66.0 Å². The Balaban J connectivity index is 1.31. The van der Waals surface area contributed by atoms with E-state index in [1.165, 1.54) is 16.1 Å². The lowest BCUT2D eigenvalue weighted by Gasteiger charge is -2.13. The number of nitrogens with zero attached hydrogens (tertiary/aromatic N) is 4. The van der Waals surface area contributed by atoms with Gasteiger partial charge in [0.15, 0.2) is 11.5 Å². The lowest BCUT2D eigenvalue weighted by Crippen LogP contribution is -2.28. The fourth-order valence-corrected chi connectivity index (χ4v) is 3.52. The second kappa shape index (κ2) is 9.86. The Morgan fingerprint density at radius 3 is 2.71 bits per heavy atom. The van der Waals surface area contributed by atoms with Gasteiger partial charge in [-0.3, -0.25) is 4.79 Å². The number of ether oxygens (including phenoxy) is 2. The maximum absolute atomic E-state index is 12.3. The van der Waals surface area contributed by atoms with Crippen molar-refractivity contribution in [2.24, 2.45) is 0 Å². The maximum Gasteiger partial charge on any atom is 0.243 e. The summed E-state index contributed by atoms with van der Waals surface area (Å²) < 4.78 is 11.3. The number of aromatic nitrogens is 4. The minimum absolute atomic E-state index is 0.00617. The molecule has 31 heavy (non-hydrogen) atoms. The van der Waals surface area contributed by atoms with Crippen LogP contribution in [-0.4, -0.2) is 33.2 Å². The summed E-state index contributed by atoms with van der Waals surface area (Å²) in [6.07, 6.45) is 0. The molecule has 2 aromatic carbocycles. The van der Waals surface area contributed by atoms with Crippen LogP contribution >= 0.6 is 11.3 Å². The first-order valence-corrected chi connectivity index (χ1v) is 10.5. The highest BCUT2D eigenvalue weighted by atomic mass is 32.1. The monoisotopic (exact) mass is 435 g/mol. The van der Waals surface area contributed by atoms with E-state index in [2.05, 4.69) is 20.7 Å². The standard InChI is InChI=1S/C22H21N5O3S/c1-29-19-12-17(9-10-18(19)30-15-16-6-3-2-4-7-16)13-23-21(28)14-27-25-22(24-26-27)20-8-5-11-31-20/h2-12H,13-15H2,1H3,(H,23,28). The second-order valence-corrected chi connectivity index (χ2v) is 7.60. The molecule has 1 amide bonds. The highest BCUT2D eigenvalue weighted by molar-refractivity contribution is 7.13. The van der Waals surface area contributed by atoms with Crippen molar-refractivity contribution < 1.29 is 14.3 Å². The summed E-state index contributed by atoms with van der Waals surface area (Å²) in [5, 5.41) is 17.0. The summed E-state index contributed by atoms with van der Waals surface area (Å²) in [5.74, 6) is 1.56. The van der Waals surface area contributed by atoms with E-state index in [-0.39, 0.29) is 12.5 Å². The highest BCUT2D eigenvalue weighted by Gasteiger charge is 2.11. The van der Waals surface area contributed by atoms with Crippen LogP contribution in [0.2, 0.25) is 0 Å². The number of rotatable bonds is 9. The van der Waals surface area contributed by atoms with Gasteiger partial charge in [-0.2, -0.15) is 4.80 Å². The molecule has 0 fully saturated rings. The van der Waals surface area contributed by atoms with E-state index < -0.39 is 0 Å². The van der Waals surface area contributed by atoms with Gasteiger partial charge in [0, 0.05) is 6.54 Å². The van der Waals surface area contributed by atoms with E-state index >= 15 is 0 Å². The van der Waals surface area contributed by atoms with Gasteiger partial charge in [-0.1, -0.05) is 42.5 Å². The van der Waals surface area contributed by atoms with Crippen LogP contribution in [0.1, 0.15) is 11.1 Å². The summed E-state index contributed by atoms with van der Waals surface area (Å²) >= 11 is 1.52. The molecule has 4 aromatic rings. The number of benzene rings is 2. The Kier molecular flexibility index (Phi) is 6.53. The molecule has 0 aliphatic heterocycles. The molecule has 4 rings (SSSR count). The quantitative estimate of drug-likeness (QED) is 0.434. The predicted octanol–water partition coefficient (Wildman–Crippen LogP) is 3.31. The van der Waals surface area contributed by atoms with Crippen molar-refractivity contribution in [1.82, 2.24) is 25.5 Å². The maximum atomic E-state index is 12.3. The number of carbonyl (C=O) groups excluding carboxylic acids is 1. The first-order chi connectivity index (χ1) is 15.2. The molecule has 0 spiro atoms. The normalized spacial score (nSPS) is 10.6. The van der Waals surface area contributed by atoms with Crippen molar-refractivity contribution in [1.29, 1.82) is 0 Å². The molecule has 0 saturated heterocycles. The zero-order chi connectivity index (χ0) is 21.5. The fraction of sp³-hybridized carbons (Fsp3) is 0.182. The zero-order valence-electron chi connectivity index (χ0n) is 16.9. The van der Waals surface area contributed by atoms with E-state index in [4.69, 9.17) is 9.47 Å². The molecule has 0 bridgehead atoms. The molecule has 2 aromatic heterocycles. The van der Waals surface area contributed by atoms with Gasteiger partial charge in [0.1, 0.15) is 13.2 Å². The minimum Gasteiger partial charge on any atom is -0.493 e. The molecule has 0 aliphatic carbocycles. The Hall–Kier alpha value is -3.72. The van der Waals surface area contributed by atoms with Crippen LogP contribution in [-0.2, 0) is 24.5 Å². The first kappa shape index (κ1) is 20.5. The van der Waals surface area contributed by atoms with Gasteiger partial charge in [-0.25, -0.2) is 0 Å². The SMILES string of the molecule is COc1cc(CNC(=O)Cn2nnc(-c3cccs3)n2)ccc1OCc1ccccc1.